The van der Waals surface area contributed by atoms with Crippen molar-refractivity contribution < 1.29 is 4.42 Å². The highest BCUT2D eigenvalue weighted by Crippen LogP contribution is 2.47. The van der Waals surface area contributed by atoms with E-state index in [0.717, 1.165) is 44.7 Å². The summed E-state index contributed by atoms with van der Waals surface area (Å²) in [5, 5.41) is 9.56. The Balaban J connectivity index is 1.13. The molecule has 0 aliphatic rings. The Morgan fingerprint density at radius 1 is 0.415 bits per heavy atom. The van der Waals surface area contributed by atoms with Crippen LogP contribution in [0.15, 0.2) is 199 Å². The maximum absolute atomic E-state index is 6.90. The highest BCUT2D eigenvalue weighted by atomic mass is 16.3. The molecule has 0 saturated heterocycles. The van der Waals surface area contributed by atoms with Gasteiger partial charge in [-0.15, -0.1) is 0 Å². The number of aromatic nitrogens is 1. The minimum atomic E-state index is 0.876. The van der Waals surface area contributed by atoms with Crippen LogP contribution in [-0.4, -0.2) is 4.57 Å². The number of rotatable bonds is 5. The number of furan rings is 1. The standard InChI is InChI=1S/C50H32N2O/c1-3-16-36(17-4-1)51(45-32-35-15-8-10-21-41(35)49-48-40-20-9-7-14-33(40)28-31-46(48)53-50(45)49)38-29-26-34(27-30-38)39-23-13-25-44-47(39)42-22-11-12-24-43(42)52(44)37-18-5-2-6-19-37/h1-32H. The molecule has 0 N–H and O–H groups in total. The molecular weight excluding hydrogens is 645 g/mol. The van der Waals surface area contributed by atoms with Crippen molar-refractivity contribution in [2.24, 2.45) is 0 Å². The number of anilines is 3. The summed E-state index contributed by atoms with van der Waals surface area (Å²) in [5.74, 6) is 0. The lowest BCUT2D eigenvalue weighted by molar-refractivity contribution is 0.669. The molecule has 248 valence electrons. The SMILES string of the molecule is c1ccc(N(c2ccc(-c3cccc4c3c3ccccc3n4-c3ccccc3)cc2)c2cc3ccccc3c3c2oc2ccc4ccccc4c23)cc1. The summed E-state index contributed by atoms with van der Waals surface area (Å²) in [5.41, 5.74) is 10.8. The van der Waals surface area contributed by atoms with Crippen molar-refractivity contribution in [1.82, 2.24) is 4.57 Å². The van der Waals surface area contributed by atoms with Crippen molar-refractivity contribution in [2.45, 2.75) is 0 Å². The maximum Gasteiger partial charge on any atom is 0.160 e. The van der Waals surface area contributed by atoms with Gasteiger partial charge in [0.1, 0.15) is 5.58 Å². The first kappa shape index (κ1) is 29.6. The van der Waals surface area contributed by atoms with Gasteiger partial charge in [0.05, 0.1) is 16.7 Å². The molecule has 0 fully saturated rings. The molecule has 3 nitrogen and oxygen atoms in total. The molecule has 0 amide bonds. The van der Waals surface area contributed by atoms with Crippen molar-refractivity contribution >= 4 is 82.4 Å². The first-order chi connectivity index (χ1) is 26.3. The number of nitrogens with zero attached hydrogens (tertiary/aromatic N) is 2. The molecule has 2 aromatic heterocycles. The normalized spacial score (nSPS) is 11.8. The second-order valence-electron chi connectivity index (χ2n) is 13.7. The van der Waals surface area contributed by atoms with Crippen LogP contribution in [0.4, 0.5) is 17.1 Å². The van der Waals surface area contributed by atoms with E-state index in [0.29, 0.717) is 0 Å². The van der Waals surface area contributed by atoms with E-state index in [-0.39, 0.29) is 0 Å². The van der Waals surface area contributed by atoms with E-state index in [2.05, 4.69) is 204 Å². The van der Waals surface area contributed by atoms with Gasteiger partial charge in [0.2, 0.25) is 0 Å². The number of fused-ring (bicyclic) bond motifs is 10. The summed E-state index contributed by atoms with van der Waals surface area (Å²) in [4.78, 5) is 2.34. The average molecular weight is 677 g/mol. The highest BCUT2D eigenvalue weighted by molar-refractivity contribution is 6.29. The van der Waals surface area contributed by atoms with E-state index < -0.39 is 0 Å². The van der Waals surface area contributed by atoms with Gasteiger partial charge in [-0.25, -0.2) is 0 Å². The van der Waals surface area contributed by atoms with Crippen LogP contribution in [0.5, 0.6) is 0 Å². The van der Waals surface area contributed by atoms with Crippen LogP contribution >= 0.6 is 0 Å². The summed E-state index contributed by atoms with van der Waals surface area (Å²) in [6, 6.07) is 69.5. The topological polar surface area (TPSA) is 21.3 Å². The monoisotopic (exact) mass is 676 g/mol. The van der Waals surface area contributed by atoms with E-state index >= 15 is 0 Å². The van der Waals surface area contributed by atoms with E-state index in [9.17, 15) is 0 Å². The lowest BCUT2D eigenvalue weighted by Gasteiger charge is -2.26. The molecule has 11 aromatic rings. The summed E-state index contributed by atoms with van der Waals surface area (Å²) >= 11 is 0. The van der Waals surface area contributed by atoms with Crippen LogP contribution in [0.3, 0.4) is 0 Å². The van der Waals surface area contributed by atoms with Crippen LogP contribution in [0.2, 0.25) is 0 Å². The van der Waals surface area contributed by atoms with Crippen molar-refractivity contribution in [3.05, 3.63) is 194 Å². The zero-order valence-electron chi connectivity index (χ0n) is 28.8. The van der Waals surface area contributed by atoms with E-state index in [1.54, 1.807) is 0 Å². The number of hydrogen-bond acceptors (Lipinski definition) is 2. The minimum absolute atomic E-state index is 0.876. The molecule has 0 unspecified atom stereocenters. The molecule has 2 heterocycles. The Morgan fingerprint density at radius 2 is 1.04 bits per heavy atom. The zero-order valence-corrected chi connectivity index (χ0v) is 28.8. The molecule has 3 heteroatoms. The van der Waals surface area contributed by atoms with E-state index in [4.69, 9.17) is 4.42 Å². The Kier molecular flexibility index (Phi) is 6.55. The summed E-state index contributed by atoms with van der Waals surface area (Å²) in [6.07, 6.45) is 0. The van der Waals surface area contributed by atoms with Crippen LogP contribution in [0.1, 0.15) is 0 Å². The molecule has 0 saturated carbocycles. The second-order valence-corrected chi connectivity index (χ2v) is 13.7. The lowest BCUT2D eigenvalue weighted by atomic mass is 9.97. The molecule has 0 atom stereocenters. The smallest absolute Gasteiger partial charge is 0.160 e. The van der Waals surface area contributed by atoms with Gasteiger partial charge in [-0.05, 0) is 93.3 Å². The Hall–Kier alpha value is -7.10. The van der Waals surface area contributed by atoms with Gasteiger partial charge in [0.25, 0.3) is 0 Å². The molecular formula is C50H32N2O. The Morgan fingerprint density at radius 3 is 1.83 bits per heavy atom. The molecule has 0 bridgehead atoms. The fourth-order valence-corrected chi connectivity index (χ4v) is 8.45. The average Bonchev–Trinajstić information content (AvgIpc) is 3.79. The van der Waals surface area contributed by atoms with Gasteiger partial charge in [-0.1, -0.05) is 133 Å². The number of hydrogen-bond donors (Lipinski definition) is 0. The van der Waals surface area contributed by atoms with E-state index in [1.807, 2.05) is 0 Å². The fourth-order valence-electron chi connectivity index (χ4n) is 8.45. The van der Waals surface area contributed by atoms with Crippen molar-refractivity contribution in [3.8, 4) is 16.8 Å². The molecule has 0 aliphatic carbocycles. The summed E-state index contributed by atoms with van der Waals surface area (Å²) in [6.45, 7) is 0. The maximum atomic E-state index is 6.90. The first-order valence-corrected chi connectivity index (χ1v) is 18.1. The third kappa shape index (κ3) is 4.54. The van der Waals surface area contributed by atoms with E-state index in [1.165, 1.54) is 54.5 Å². The zero-order chi connectivity index (χ0) is 34.9. The molecule has 0 aliphatic heterocycles. The quantitative estimate of drug-likeness (QED) is 0.181. The first-order valence-electron chi connectivity index (χ1n) is 18.1. The number of para-hydroxylation sites is 3. The van der Waals surface area contributed by atoms with Gasteiger partial charge in [0.15, 0.2) is 5.58 Å². The Labute approximate surface area is 306 Å². The second kappa shape index (κ2) is 11.7. The third-order valence-corrected chi connectivity index (χ3v) is 10.7. The van der Waals surface area contributed by atoms with Gasteiger partial charge < -0.3 is 13.9 Å². The van der Waals surface area contributed by atoms with Gasteiger partial charge >= 0.3 is 0 Å². The summed E-state index contributed by atoms with van der Waals surface area (Å²) in [7, 11) is 0. The fraction of sp³-hybridized carbons (Fsp3) is 0. The van der Waals surface area contributed by atoms with Crippen LogP contribution in [0.25, 0.3) is 82.1 Å². The molecule has 9 aromatic carbocycles. The van der Waals surface area contributed by atoms with Crippen molar-refractivity contribution in [3.63, 3.8) is 0 Å². The molecule has 0 spiro atoms. The number of benzene rings is 9. The minimum Gasteiger partial charge on any atom is -0.454 e. The molecule has 53 heavy (non-hydrogen) atoms. The largest absolute Gasteiger partial charge is 0.454 e. The third-order valence-electron chi connectivity index (χ3n) is 10.7. The predicted octanol–water partition coefficient (Wildman–Crippen LogP) is 14.1. The van der Waals surface area contributed by atoms with Crippen LogP contribution < -0.4 is 4.90 Å². The molecule has 0 radical (unpaired) electrons. The molecule has 11 rings (SSSR count). The van der Waals surface area contributed by atoms with Crippen LogP contribution in [-0.2, 0) is 0 Å². The summed E-state index contributed by atoms with van der Waals surface area (Å²) < 4.78 is 9.28. The van der Waals surface area contributed by atoms with Crippen molar-refractivity contribution in [1.29, 1.82) is 0 Å². The van der Waals surface area contributed by atoms with Gasteiger partial charge in [-0.2, -0.15) is 0 Å². The van der Waals surface area contributed by atoms with Crippen LogP contribution in [0, 0.1) is 0 Å². The van der Waals surface area contributed by atoms with Crippen molar-refractivity contribution in [2.75, 3.05) is 4.90 Å². The highest BCUT2D eigenvalue weighted by Gasteiger charge is 2.23. The Bertz CT molecular complexity index is 3160. The lowest BCUT2D eigenvalue weighted by Crippen LogP contribution is -2.10. The van der Waals surface area contributed by atoms with Gasteiger partial charge in [0, 0.05) is 38.6 Å². The van der Waals surface area contributed by atoms with Gasteiger partial charge in [-0.3, -0.25) is 0 Å². The predicted molar refractivity (Wildman–Crippen MR) is 223 cm³/mol.